The Kier molecular flexibility index (Phi) is 4.22. The van der Waals surface area contributed by atoms with Gasteiger partial charge in [-0.15, -0.1) is 0 Å². The van der Waals surface area contributed by atoms with E-state index in [0.29, 0.717) is 5.92 Å². The van der Waals surface area contributed by atoms with E-state index in [1.807, 2.05) is 0 Å². The van der Waals surface area contributed by atoms with Crippen LogP contribution in [0, 0.1) is 5.92 Å². The Hall–Kier alpha value is -1.06. The van der Waals surface area contributed by atoms with Crippen LogP contribution in [0.5, 0.6) is 0 Å². The van der Waals surface area contributed by atoms with Crippen LogP contribution in [0.15, 0.2) is 46.3 Å². The van der Waals surface area contributed by atoms with Crippen molar-refractivity contribution in [3.8, 4) is 0 Å². The van der Waals surface area contributed by atoms with Crippen LogP contribution >= 0.6 is 0 Å². The molecule has 3 aliphatic rings. The van der Waals surface area contributed by atoms with Crippen molar-refractivity contribution in [2.24, 2.45) is 5.92 Å². The third kappa shape index (κ3) is 3.14. The molecule has 1 aliphatic heterocycles. The number of hydrogen-bond donors (Lipinski definition) is 1. The summed E-state index contributed by atoms with van der Waals surface area (Å²) < 4.78 is 0. The molecule has 3 rings (SSSR count). The second-order valence-electron chi connectivity index (χ2n) is 8.76. The van der Waals surface area contributed by atoms with Gasteiger partial charge in [0.25, 0.3) is 0 Å². The fourth-order valence-corrected chi connectivity index (χ4v) is 8.84. The van der Waals surface area contributed by atoms with Crippen molar-refractivity contribution in [2.75, 3.05) is 13.1 Å². The van der Waals surface area contributed by atoms with E-state index in [2.05, 4.69) is 75.0 Å². The lowest BCUT2D eigenvalue weighted by atomic mass is 9.95. The summed E-state index contributed by atoms with van der Waals surface area (Å²) in [6.45, 7) is 16.6. The maximum Gasteiger partial charge on any atom is 0.152 e. The van der Waals surface area contributed by atoms with Gasteiger partial charge in [0.2, 0.25) is 0 Å². The second-order valence-corrected chi connectivity index (χ2v) is 12.8. The SMILES string of the molecule is CC1=C(N2CCCC2)C2C=CC=CC2=C1[Si](C)(C)NC(C)(C)C. The number of allylic oxidation sites excluding steroid dienone is 6. The van der Waals surface area contributed by atoms with Crippen LogP contribution in [0.3, 0.4) is 0 Å². The summed E-state index contributed by atoms with van der Waals surface area (Å²) in [5.74, 6) is 0.488. The first-order chi connectivity index (χ1) is 10.7. The summed E-state index contributed by atoms with van der Waals surface area (Å²) in [5, 5.41) is 1.64. The van der Waals surface area contributed by atoms with Gasteiger partial charge in [-0.1, -0.05) is 37.4 Å². The zero-order chi connectivity index (χ0) is 16.8. The van der Waals surface area contributed by atoms with Crippen molar-refractivity contribution in [2.45, 2.75) is 59.2 Å². The molecule has 1 heterocycles. The van der Waals surface area contributed by atoms with Gasteiger partial charge in [0.05, 0.1) is 0 Å². The third-order valence-electron chi connectivity index (χ3n) is 5.13. The number of hydrogen-bond acceptors (Lipinski definition) is 2. The number of nitrogens with zero attached hydrogens (tertiary/aromatic N) is 1. The summed E-state index contributed by atoms with van der Waals surface area (Å²) in [7, 11) is -1.71. The number of likely N-dealkylation sites (tertiary alicyclic amines) is 1. The Bertz CT molecular complexity index is 608. The number of nitrogens with one attached hydrogen (secondary N) is 1. The molecule has 0 amide bonds. The molecule has 0 bridgehead atoms. The predicted octanol–water partition coefficient (Wildman–Crippen LogP) is 4.54. The van der Waals surface area contributed by atoms with Gasteiger partial charge in [0.15, 0.2) is 8.24 Å². The first-order valence-electron chi connectivity index (χ1n) is 9.06. The summed E-state index contributed by atoms with van der Waals surface area (Å²) in [6.07, 6.45) is 11.9. The molecule has 0 aromatic rings. The zero-order valence-electron chi connectivity index (χ0n) is 15.7. The summed E-state index contributed by atoms with van der Waals surface area (Å²) in [6, 6.07) is 0. The first kappa shape index (κ1) is 16.8. The van der Waals surface area contributed by atoms with E-state index in [4.69, 9.17) is 0 Å². The van der Waals surface area contributed by atoms with Crippen molar-refractivity contribution in [3.63, 3.8) is 0 Å². The molecule has 2 nitrogen and oxygen atoms in total. The minimum Gasteiger partial charge on any atom is -0.374 e. The molecule has 1 atom stereocenters. The summed E-state index contributed by atoms with van der Waals surface area (Å²) in [5.41, 5.74) is 4.85. The molecule has 23 heavy (non-hydrogen) atoms. The molecule has 1 saturated heterocycles. The highest BCUT2D eigenvalue weighted by atomic mass is 28.3. The van der Waals surface area contributed by atoms with Crippen LogP contribution in [0.2, 0.25) is 13.1 Å². The molecule has 1 unspecified atom stereocenters. The van der Waals surface area contributed by atoms with Crippen LogP contribution in [-0.2, 0) is 0 Å². The highest BCUT2D eigenvalue weighted by Crippen LogP contribution is 2.45. The van der Waals surface area contributed by atoms with Crippen LogP contribution in [0.1, 0.15) is 40.5 Å². The molecule has 1 N–H and O–H groups in total. The number of fused-ring (bicyclic) bond motifs is 1. The van der Waals surface area contributed by atoms with Gasteiger partial charge < -0.3 is 9.88 Å². The minimum absolute atomic E-state index is 0.156. The van der Waals surface area contributed by atoms with E-state index in [0.717, 1.165) is 0 Å². The average molecular weight is 329 g/mol. The molecule has 0 aromatic heterocycles. The lowest BCUT2D eigenvalue weighted by Crippen LogP contribution is -2.56. The van der Waals surface area contributed by atoms with Crippen molar-refractivity contribution in [1.82, 2.24) is 9.88 Å². The Labute approximate surface area is 143 Å². The van der Waals surface area contributed by atoms with Gasteiger partial charge in [-0.25, -0.2) is 0 Å². The molecule has 2 aliphatic carbocycles. The average Bonchev–Trinajstić information content (AvgIpc) is 2.99. The second kappa shape index (κ2) is 5.78. The topological polar surface area (TPSA) is 15.3 Å². The minimum atomic E-state index is -1.71. The van der Waals surface area contributed by atoms with Gasteiger partial charge in [0, 0.05) is 30.2 Å². The van der Waals surface area contributed by atoms with Crippen molar-refractivity contribution in [3.05, 3.63) is 46.3 Å². The van der Waals surface area contributed by atoms with Crippen LogP contribution in [0.4, 0.5) is 0 Å². The van der Waals surface area contributed by atoms with E-state index >= 15 is 0 Å². The molecule has 3 heteroatoms. The van der Waals surface area contributed by atoms with E-state index in [1.54, 1.807) is 22.0 Å². The van der Waals surface area contributed by atoms with Crippen LogP contribution < -0.4 is 4.98 Å². The molecular weight excluding hydrogens is 296 g/mol. The lowest BCUT2D eigenvalue weighted by molar-refractivity contribution is 0.397. The first-order valence-corrected chi connectivity index (χ1v) is 12.1. The van der Waals surface area contributed by atoms with Crippen LogP contribution in [-0.4, -0.2) is 31.8 Å². The molecule has 0 radical (unpaired) electrons. The molecule has 1 fully saturated rings. The van der Waals surface area contributed by atoms with E-state index in [-0.39, 0.29) is 5.54 Å². The highest BCUT2D eigenvalue weighted by molar-refractivity contribution is 6.83. The molecular formula is C20H32N2Si. The normalized spacial score (nSPS) is 25.0. The molecule has 0 saturated carbocycles. The fraction of sp³-hybridized carbons (Fsp3) is 0.600. The quantitative estimate of drug-likeness (QED) is 0.765. The van der Waals surface area contributed by atoms with Gasteiger partial charge in [-0.05, 0) is 56.9 Å². The Balaban J connectivity index is 2.05. The summed E-state index contributed by atoms with van der Waals surface area (Å²) in [4.78, 5) is 6.63. The zero-order valence-corrected chi connectivity index (χ0v) is 16.7. The predicted molar refractivity (Wildman–Crippen MR) is 103 cm³/mol. The van der Waals surface area contributed by atoms with Crippen LogP contribution in [0.25, 0.3) is 0 Å². The lowest BCUT2D eigenvalue weighted by Gasteiger charge is -2.36. The van der Waals surface area contributed by atoms with Gasteiger partial charge in [-0.3, -0.25) is 0 Å². The van der Waals surface area contributed by atoms with Crippen molar-refractivity contribution >= 4 is 8.24 Å². The Morgan fingerprint density at radius 1 is 1.13 bits per heavy atom. The van der Waals surface area contributed by atoms with Crippen molar-refractivity contribution < 1.29 is 0 Å². The Morgan fingerprint density at radius 2 is 1.78 bits per heavy atom. The molecule has 0 aromatic carbocycles. The largest absolute Gasteiger partial charge is 0.374 e. The van der Waals surface area contributed by atoms with Gasteiger partial charge in [0.1, 0.15) is 0 Å². The van der Waals surface area contributed by atoms with E-state index in [9.17, 15) is 0 Å². The van der Waals surface area contributed by atoms with Gasteiger partial charge in [-0.2, -0.15) is 0 Å². The fourth-order valence-electron chi connectivity index (χ4n) is 4.82. The molecule has 0 spiro atoms. The van der Waals surface area contributed by atoms with Gasteiger partial charge >= 0.3 is 0 Å². The van der Waals surface area contributed by atoms with E-state index < -0.39 is 8.24 Å². The van der Waals surface area contributed by atoms with Crippen molar-refractivity contribution in [1.29, 1.82) is 0 Å². The standard InChI is InChI=1S/C20H32N2Si/c1-15-18(22-13-9-10-14-22)16-11-7-8-12-17(16)19(15)23(5,6)21-20(2,3)4/h7-8,11-12,16,21H,9-10,13-14H2,1-6H3. The monoisotopic (exact) mass is 328 g/mol. The number of rotatable bonds is 3. The maximum absolute atomic E-state index is 3.98. The smallest absolute Gasteiger partial charge is 0.152 e. The third-order valence-corrected chi connectivity index (χ3v) is 8.42. The van der Waals surface area contributed by atoms with E-state index in [1.165, 1.54) is 25.9 Å². The Morgan fingerprint density at radius 3 is 2.39 bits per heavy atom. The summed E-state index contributed by atoms with van der Waals surface area (Å²) >= 11 is 0. The maximum atomic E-state index is 3.98. The molecule has 126 valence electrons. The highest BCUT2D eigenvalue weighted by Gasteiger charge is 2.41.